The van der Waals surface area contributed by atoms with Crippen molar-refractivity contribution in [3.63, 3.8) is 0 Å². The Morgan fingerprint density at radius 1 is 1.24 bits per heavy atom. The molecule has 3 rings (SSSR count). The zero-order valence-electron chi connectivity index (χ0n) is 16.2. The first-order valence-corrected chi connectivity index (χ1v) is 9.20. The number of nitrogens with zero attached hydrogens (tertiary/aromatic N) is 1. The minimum Gasteiger partial charge on any atom is -0.508 e. The zero-order valence-corrected chi connectivity index (χ0v) is 16.2. The van der Waals surface area contributed by atoms with E-state index >= 15 is 0 Å². The highest BCUT2D eigenvalue weighted by molar-refractivity contribution is 5.97. The maximum absolute atomic E-state index is 13.5. The lowest BCUT2D eigenvalue weighted by Gasteiger charge is -2.23. The van der Waals surface area contributed by atoms with Gasteiger partial charge in [0.05, 0.1) is 12.1 Å². The lowest BCUT2D eigenvalue weighted by Crippen LogP contribution is -2.33. The topological polar surface area (TPSA) is 106 Å². The number of methoxy groups -OCH3 is 1. The van der Waals surface area contributed by atoms with Crippen LogP contribution in [-0.2, 0) is 16.0 Å². The van der Waals surface area contributed by atoms with Crippen LogP contribution in [0.3, 0.4) is 0 Å². The average molecular weight is 398 g/mol. The smallest absolute Gasteiger partial charge is 0.320 e. The maximum atomic E-state index is 13.5. The predicted molar refractivity (Wildman–Crippen MR) is 108 cm³/mol. The SMILES string of the molecule is COCC(C)c1c(C[C@H](N)C(=O)O)nc2cc(O)ccc2c1-c1ccc(F)cc1. The van der Waals surface area contributed by atoms with Gasteiger partial charge in [0.15, 0.2) is 0 Å². The van der Waals surface area contributed by atoms with Crippen LogP contribution in [-0.4, -0.2) is 40.9 Å². The first-order valence-electron chi connectivity index (χ1n) is 9.20. The van der Waals surface area contributed by atoms with Crippen LogP contribution in [0.4, 0.5) is 4.39 Å². The van der Waals surface area contributed by atoms with Crippen molar-refractivity contribution in [1.82, 2.24) is 4.98 Å². The number of fused-ring (bicyclic) bond motifs is 1. The molecule has 0 bridgehead atoms. The third kappa shape index (κ3) is 4.36. The number of aromatic hydroxyl groups is 1. The van der Waals surface area contributed by atoms with Gasteiger partial charge in [-0.1, -0.05) is 19.1 Å². The highest BCUT2D eigenvalue weighted by Crippen LogP contribution is 2.38. The molecule has 3 aromatic rings. The van der Waals surface area contributed by atoms with Crippen LogP contribution >= 0.6 is 0 Å². The van der Waals surface area contributed by atoms with Gasteiger partial charge in [0.25, 0.3) is 0 Å². The van der Waals surface area contributed by atoms with Gasteiger partial charge < -0.3 is 20.7 Å². The van der Waals surface area contributed by atoms with Crippen molar-refractivity contribution in [2.24, 2.45) is 5.73 Å². The molecule has 0 saturated carbocycles. The van der Waals surface area contributed by atoms with Crippen molar-refractivity contribution in [2.45, 2.75) is 25.3 Å². The summed E-state index contributed by atoms with van der Waals surface area (Å²) >= 11 is 0. The average Bonchev–Trinajstić information content (AvgIpc) is 2.67. The number of hydrogen-bond donors (Lipinski definition) is 3. The Kier molecular flexibility index (Phi) is 6.10. The second kappa shape index (κ2) is 8.55. The monoisotopic (exact) mass is 398 g/mol. The first kappa shape index (κ1) is 20.7. The maximum Gasteiger partial charge on any atom is 0.320 e. The molecular formula is C22H23FN2O4. The molecule has 4 N–H and O–H groups in total. The van der Waals surface area contributed by atoms with Gasteiger partial charge in [-0.2, -0.15) is 0 Å². The van der Waals surface area contributed by atoms with Gasteiger partial charge in [0.1, 0.15) is 17.6 Å². The van der Waals surface area contributed by atoms with Crippen LogP contribution in [0.5, 0.6) is 5.75 Å². The van der Waals surface area contributed by atoms with E-state index in [9.17, 15) is 19.4 Å². The molecule has 0 aliphatic rings. The van der Waals surface area contributed by atoms with Gasteiger partial charge in [0.2, 0.25) is 0 Å². The molecule has 152 valence electrons. The van der Waals surface area contributed by atoms with Gasteiger partial charge in [-0.05, 0) is 41.0 Å². The van der Waals surface area contributed by atoms with Gasteiger partial charge in [-0.3, -0.25) is 9.78 Å². The van der Waals surface area contributed by atoms with Gasteiger partial charge >= 0.3 is 5.97 Å². The van der Waals surface area contributed by atoms with Crippen molar-refractivity contribution >= 4 is 16.9 Å². The molecule has 1 unspecified atom stereocenters. The molecule has 0 radical (unpaired) electrons. The molecule has 0 saturated heterocycles. The van der Waals surface area contributed by atoms with Crippen LogP contribution in [0, 0.1) is 5.82 Å². The standard InChI is InChI=1S/C22H23FN2O4/c1-12(11-29-2)20-19(10-17(24)22(27)28)25-18-9-15(26)7-8-16(18)21(20)13-3-5-14(23)6-4-13/h3-9,12,17,26H,10-11,24H2,1-2H3,(H,27,28)/t12?,17-/m0/s1. The molecule has 0 amide bonds. The molecule has 0 fully saturated rings. The number of carboxylic acid groups (broad SMARTS) is 1. The summed E-state index contributed by atoms with van der Waals surface area (Å²) in [5.41, 5.74) is 9.18. The third-order valence-electron chi connectivity index (χ3n) is 4.86. The second-order valence-corrected chi connectivity index (χ2v) is 7.06. The largest absolute Gasteiger partial charge is 0.508 e. The van der Waals surface area contributed by atoms with Crippen LogP contribution in [0.1, 0.15) is 24.1 Å². The number of carboxylic acids is 1. The Morgan fingerprint density at radius 2 is 1.93 bits per heavy atom. The summed E-state index contributed by atoms with van der Waals surface area (Å²) in [6.07, 6.45) is 0.0124. The predicted octanol–water partition coefficient (Wildman–Crippen LogP) is 3.45. The van der Waals surface area contributed by atoms with E-state index in [1.807, 2.05) is 6.92 Å². The van der Waals surface area contributed by atoms with E-state index in [1.165, 1.54) is 18.2 Å². The number of rotatable bonds is 7. The molecule has 2 aromatic carbocycles. The number of hydrogen-bond acceptors (Lipinski definition) is 5. The van der Waals surface area contributed by atoms with Gasteiger partial charge in [-0.25, -0.2) is 4.39 Å². The molecule has 1 aromatic heterocycles. The van der Waals surface area contributed by atoms with E-state index in [-0.39, 0.29) is 23.9 Å². The number of carbonyl (C=O) groups is 1. The van der Waals surface area contributed by atoms with E-state index < -0.39 is 12.0 Å². The number of pyridine rings is 1. The molecule has 2 atom stereocenters. The number of benzene rings is 2. The lowest BCUT2D eigenvalue weighted by atomic mass is 9.86. The summed E-state index contributed by atoms with van der Waals surface area (Å²) in [4.78, 5) is 16.0. The van der Waals surface area contributed by atoms with Crippen LogP contribution in [0.2, 0.25) is 0 Å². The quantitative estimate of drug-likeness (QED) is 0.563. The molecule has 7 heteroatoms. The third-order valence-corrected chi connectivity index (χ3v) is 4.86. The number of halogens is 1. The Hall–Kier alpha value is -3.03. The van der Waals surface area contributed by atoms with E-state index in [2.05, 4.69) is 4.98 Å². The highest BCUT2D eigenvalue weighted by Gasteiger charge is 2.24. The number of ether oxygens (including phenoxy) is 1. The van der Waals surface area contributed by atoms with Crippen molar-refractivity contribution in [1.29, 1.82) is 0 Å². The summed E-state index contributed by atoms with van der Waals surface area (Å²) in [5, 5.41) is 20.0. The van der Waals surface area contributed by atoms with Crippen LogP contribution in [0.25, 0.3) is 22.0 Å². The minimum atomic E-state index is -1.13. The van der Waals surface area contributed by atoms with Gasteiger partial charge in [0, 0.05) is 36.6 Å². The Labute approximate surface area is 167 Å². The zero-order chi connectivity index (χ0) is 21.1. The molecule has 1 heterocycles. The number of phenolic OH excluding ortho intramolecular Hbond substituents is 1. The Balaban J connectivity index is 2.36. The fourth-order valence-electron chi connectivity index (χ4n) is 3.56. The van der Waals surface area contributed by atoms with E-state index in [1.54, 1.807) is 31.4 Å². The van der Waals surface area contributed by atoms with Gasteiger partial charge in [-0.15, -0.1) is 0 Å². The summed E-state index contributed by atoms with van der Waals surface area (Å²) in [6.45, 7) is 2.34. The molecule has 0 aliphatic heterocycles. The lowest BCUT2D eigenvalue weighted by molar-refractivity contribution is -0.138. The fraction of sp³-hybridized carbons (Fsp3) is 0.273. The molecule has 6 nitrogen and oxygen atoms in total. The minimum absolute atomic E-state index is 0.0124. The van der Waals surface area contributed by atoms with Crippen molar-refractivity contribution in [2.75, 3.05) is 13.7 Å². The van der Waals surface area contributed by atoms with Crippen LogP contribution < -0.4 is 5.73 Å². The Bertz CT molecular complexity index is 1040. The highest BCUT2D eigenvalue weighted by atomic mass is 19.1. The number of nitrogens with two attached hydrogens (primary N) is 1. The summed E-state index contributed by atoms with van der Waals surface area (Å²) in [5.74, 6) is -1.57. The second-order valence-electron chi connectivity index (χ2n) is 7.06. The number of aliphatic carboxylic acids is 1. The summed E-state index contributed by atoms with van der Waals surface area (Å²) in [6, 6.07) is 9.77. The van der Waals surface area contributed by atoms with E-state index in [0.29, 0.717) is 17.8 Å². The van der Waals surface area contributed by atoms with E-state index in [4.69, 9.17) is 10.5 Å². The fourth-order valence-corrected chi connectivity index (χ4v) is 3.56. The number of phenols is 1. The molecular weight excluding hydrogens is 375 g/mol. The molecule has 29 heavy (non-hydrogen) atoms. The van der Waals surface area contributed by atoms with Crippen molar-refractivity contribution < 1.29 is 24.1 Å². The molecule has 0 spiro atoms. The molecule has 0 aliphatic carbocycles. The number of aromatic nitrogens is 1. The van der Waals surface area contributed by atoms with Crippen molar-refractivity contribution in [3.05, 3.63) is 59.5 Å². The summed E-state index contributed by atoms with van der Waals surface area (Å²) < 4.78 is 18.9. The summed E-state index contributed by atoms with van der Waals surface area (Å²) in [7, 11) is 1.59. The first-order chi connectivity index (χ1) is 13.8. The Morgan fingerprint density at radius 3 is 2.55 bits per heavy atom. The normalized spacial score (nSPS) is 13.4. The van der Waals surface area contributed by atoms with E-state index in [0.717, 1.165) is 22.1 Å². The van der Waals surface area contributed by atoms with Crippen LogP contribution in [0.15, 0.2) is 42.5 Å². The van der Waals surface area contributed by atoms with Crippen molar-refractivity contribution in [3.8, 4) is 16.9 Å².